The molecule has 1 aromatic rings. The van der Waals surface area contributed by atoms with Gasteiger partial charge in [-0.15, -0.1) is 0 Å². The number of nitriles is 1. The lowest BCUT2D eigenvalue weighted by molar-refractivity contribution is 0.213. The average Bonchev–Trinajstić information content (AvgIpc) is 3.09. The van der Waals surface area contributed by atoms with Crippen LogP contribution in [-0.4, -0.2) is 18.0 Å². The second-order valence-corrected chi connectivity index (χ2v) is 5.79. The highest BCUT2D eigenvalue weighted by atomic mass is 15.1. The lowest BCUT2D eigenvalue weighted by atomic mass is 10.0. The predicted octanol–water partition coefficient (Wildman–Crippen LogP) is 3.17. The summed E-state index contributed by atoms with van der Waals surface area (Å²) in [6.07, 6.45) is 4.25. The third-order valence-corrected chi connectivity index (χ3v) is 3.87. The first-order valence-corrected chi connectivity index (χ1v) is 7.11. The minimum atomic E-state index is 0.282. The molecule has 0 heterocycles. The fourth-order valence-electron chi connectivity index (χ4n) is 2.69. The van der Waals surface area contributed by atoms with Crippen LogP contribution < -0.4 is 5.73 Å². The summed E-state index contributed by atoms with van der Waals surface area (Å²) in [5, 5.41) is 8.93. The van der Waals surface area contributed by atoms with Crippen LogP contribution in [0, 0.1) is 16.7 Å². The van der Waals surface area contributed by atoms with Crippen LogP contribution in [0.15, 0.2) is 24.3 Å². The Hall–Kier alpha value is -1.53. The van der Waals surface area contributed by atoms with E-state index in [4.69, 9.17) is 11.0 Å². The molecule has 3 heteroatoms. The monoisotopic (exact) mass is 257 g/mol. The zero-order valence-corrected chi connectivity index (χ0v) is 11.7. The van der Waals surface area contributed by atoms with E-state index < -0.39 is 0 Å². The Morgan fingerprint density at radius 3 is 2.79 bits per heavy atom. The van der Waals surface area contributed by atoms with Gasteiger partial charge in [0.15, 0.2) is 0 Å². The number of anilines is 1. The lowest BCUT2D eigenvalue weighted by Gasteiger charge is -2.26. The quantitative estimate of drug-likeness (QED) is 0.763. The standard InChI is InChI=1S/C16H23N3/c1-2-10-19(13-16(6-7-16)8-9-17)12-14-4-3-5-15(18)11-14/h3-5,11H,2,6-8,10,12-13,18H2,1H3. The normalized spacial score (nSPS) is 16.3. The van der Waals surface area contributed by atoms with Gasteiger partial charge in [0, 0.05) is 25.2 Å². The molecule has 0 atom stereocenters. The third kappa shape index (κ3) is 3.97. The Morgan fingerprint density at radius 2 is 2.21 bits per heavy atom. The van der Waals surface area contributed by atoms with Crippen LogP contribution in [-0.2, 0) is 6.54 Å². The van der Waals surface area contributed by atoms with E-state index >= 15 is 0 Å². The largest absolute Gasteiger partial charge is 0.399 e. The highest BCUT2D eigenvalue weighted by Crippen LogP contribution is 2.49. The molecule has 2 rings (SSSR count). The van der Waals surface area contributed by atoms with E-state index in [9.17, 15) is 0 Å². The molecule has 1 aromatic carbocycles. The molecular formula is C16H23N3. The van der Waals surface area contributed by atoms with E-state index in [1.807, 2.05) is 18.2 Å². The van der Waals surface area contributed by atoms with Gasteiger partial charge in [0.1, 0.15) is 0 Å². The molecular weight excluding hydrogens is 234 g/mol. The molecule has 0 aliphatic heterocycles. The summed E-state index contributed by atoms with van der Waals surface area (Å²) < 4.78 is 0. The smallest absolute Gasteiger partial charge is 0.0628 e. The average molecular weight is 257 g/mol. The summed E-state index contributed by atoms with van der Waals surface area (Å²) in [5.74, 6) is 0. The molecule has 1 saturated carbocycles. The number of hydrogen-bond acceptors (Lipinski definition) is 3. The van der Waals surface area contributed by atoms with Crippen molar-refractivity contribution in [2.45, 2.75) is 39.2 Å². The summed E-state index contributed by atoms with van der Waals surface area (Å²) >= 11 is 0. The van der Waals surface area contributed by atoms with Crippen LogP contribution >= 0.6 is 0 Å². The van der Waals surface area contributed by atoms with E-state index in [0.29, 0.717) is 6.42 Å². The van der Waals surface area contributed by atoms with E-state index in [1.165, 1.54) is 18.4 Å². The Morgan fingerprint density at radius 1 is 1.42 bits per heavy atom. The van der Waals surface area contributed by atoms with Crippen molar-refractivity contribution in [1.82, 2.24) is 4.90 Å². The van der Waals surface area contributed by atoms with Gasteiger partial charge >= 0.3 is 0 Å². The van der Waals surface area contributed by atoms with Crippen molar-refractivity contribution in [1.29, 1.82) is 5.26 Å². The van der Waals surface area contributed by atoms with Crippen LogP contribution in [0.3, 0.4) is 0 Å². The van der Waals surface area contributed by atoms with E-state index in [1.54, 1.807) is 0 Å². The van der Waals surface area contributed by atoms with Gasteiger partial charge in [-0.05, 0) is 48.9 Å². The van der Waals surface area contributed by atoms with Gasteiger partial charge in [-0.3, -0.25) is 4.90 Å². The molecule has 102 valence electrons. The van der Waals surface area contributed by atoms with Crippen LogP contribution in [0.1, 0.15) is 38.2 Å². The van der Waals surface area contributed by atoms with Gasteiger partial charge in [-0.2, -0.15) is 5.26 Å². The van der Waals surface area contributed by atoms with E-state index in [2.05, 4.69) is 24.0 Å². The van der Waals surface area contributed by atoms with Crippen molar-refractivity contribution in [3.05, 3.63) is 29.8 Å². The third-order valence-electron chi connectivity index (χ3n) is 3.87. The lowest BCUT2D eigenvalue weighted by Crippen LogP contribution is -2.30. The van der Waals surface area contributed by atoms with Gasteiger partial charge in [0.05, 0.1) is 6.07 Å². The van der Waals surface area contributed by atoms with Crippen LogP contribution in [0.4, 0.5) is 5.69 Å². The maximum absolute atomic E-state index is 8.93. The number of nitrogens with zero attached hydrogens (tertiary/aromatic N) is 2. The second-order valence-electron chi connectivity index (χ2n) is 5.79. The Bertz CT molecular complexity index is 457. The number of rotatable bonds is 7. The predicted molar refractivity (Wildman–Crippen MR) is 78.3 cm³/mol. The highest BCUT2D eigenvalue weighted by Gasteiger charge is 2.43. The van der Waals surface area contributed by atoms with Crippen LogP contribution in [0.2, 0.25) is 0 Å². The van der Waals surface area contributed by atoms with Crippen molar-refractivity contribution < 1.29 is 0 Å². The SMILES string of the molecule is CCCN(Cc1cccc(N)c1)CC1(CC#N)CC1. The Labute approximate surface area is 116 Å². The van der Waals surface area contributed by atoms with Crippen molar-refractivity contribution >= 4 is 5.69 Å². The summed E-state index contributed by atoms with van der Waals surface area (Å²) in [6, 6.07) is 10.5. The highest BCUT2D eigenvalue weighted by molar-refractivity contribution is 5.40. The second kappa shape index (κ2) is 6.08. The fraction of sp³-hybridized carbons (Fsp3) is 0.562. The summed E-state index contributed by atoms with van der Waals surface area (Å²) in [6.45, 7) is 5.27. The topological polar surface area (TPSA) is 53.0 Å². The molecule has 0 bridgehead atoms. The molecule has 0 saturated heterocycles. The minimum absolute atomic E-state index is 0.282. The Balaban J connectivity index is 1.98. The first-order valence-electron chi connectivity index (χ1n) is 7.11. The molecule has 0 aromatic heterocycles. The molecule has 3 nitrogen and oxygen atoms in total. The maximum Gasteiger partial charge on any atom is 0.0628 e. The van der Waals surface area contributed by atoms with Crippen LogP contribution in [0.5, 0.6) is 0 Å². The van der Waals surface area contributed by atoms with Crippen molar-refractivity contribution in [3.8, 4) is 6.07 Å². The number of benzene rings is 1. The van der Waals surface area contributed by atoms with E-state index in [0.717, 1.165) is 31.7 Å². The van der Waals surface area contributed by atoms with Gasteiger partial charge < -0.3 is 5.73 Å². The summed E-state index contributed by atoms with van der Waals surface area (Å²) in [5.41, 5.74) is 8.21. The Kier molecular flexibility index (Phi) is 4.44. The minimum Gasteiger partial charge on any atom is -0.399 e. The van der Waals surface area contributed by atoms with Gasteiger partial charge in [0.2, 0.25) is 0 Å². The number of nitrogens with two attached hydrogens (primary N) is 1. The zero-order valence-electron chi connectivity index (χ0n) is 11.7. The molecule has 1 aliphatic rings. The van der Waals surface area contributed by atoms with Crippen molar-refractivity contribution in [3.63, 3.8) is 0 Å². The summed E-state index contributed by atoms with van der Waals surface area (Å²) in [7, 11) is 0. The summed E-state index contributed by atoms with van der Waals surface area (Å²) in [4.78, 5) is 2.47. The number of nitrogen functional groups attached to an aromatic ring is 1. The zero-order chi connectivity index (χ0) is 13.7. The molecule has 0 amide bonds. The molecule has 0 radical (unpaired) electrons. The first-order chi connectivity index (χ1) is 9.17. The fourth-order valence-corrected chi connectivity index (χ4v) is 2.69. The first kappa shape index (κ1) is 13.9. The van der Waals surface area contributed by atoms with Crippen molar-refractivity contribution in [2.24, 2.45) is 5.41 Å². The molecule has 1 aliphatic carbocycles. The van der Waals surface area contributed by atoms with Gasteiger partial charge in [-0.25, -0.2) is 0 Å². The molecule has 2 N–H and O–H groups in total. The molecule has 0 spiro atoms. The van der Waals surface area contributed by atoms with E-state index in [-0.39, 0.29) is 5.41 Å². The van der Waals surface area contributed by atoms with Crippen molar-refractivity contribution in [2.75, 3.05) is 18.8 Å². The van der Waals surface area contributed by atoms with Gasteiger partial charge in [0.25, 0.3) is 0 Å². The molecule has 0 unspecified atom stereocenters. The maximum atomic E-state index is 8.93. The molecule has 1 fully saturated rings. The van der Waals surface area contributed by atoms with Gasteiger partial charge in [-0.1, -0.05) is 19.1 Å². The van der Waals surface area contributed by atoms with Crippen LogP contribution in [0.25, 0.3) is 0 Å². The number of hydrogen-bond donors (Lipinski definition) is 1. The molecule has 19 heavy (non-hydrogen) atoms.